The molecule has 0 aliphatic carbocycles. The molecular formula is C38H48N4O4. The van der Waals surface area contributed by atoms with Crippen LogP contribution < -0.4 is 0 Å². The van der Waals surface area contributed by atoms with Gasteiger partial charge in [0.25, 0.3) is 0 Å². The topological polar surface area (TPSA) is 93.9 Å². The van der Waals surface area contributed by atoms with Crippen molar-refractivity contribution in [1.29, 1.82) is 0 Å². The van der Waals surface area contributed by atoms with E-state index in [9.17, 15) is 20.4 Å². The third kappa shape index (κ3) is 9.96. The first kappa shape index (κ1) is 33.3. The number of para-hydroxylation sites is 4. The quantitative estimate of drug-likeness (QED) is 0.201. The highest BCUT2D eigenvalue weighted by Gasteiger charge is 2.18. The van der Waals surface area contributed by atoms with Gasteiger partial charge in [0.1, 0.15) is 23.0 Å². The van der Waals surface area contributed by atoms with Crippen molar-refractivity contribution >= 4 is 0 Å². The van der Waals surface area contributed by atoms with Gasteiger partial charge in [-0.15, -0.1) is 0 Å². The second-order valence-electron chi connectivity index (χ2n) is 12.3. The molecule has 8 heteroatoms. The third-order valence-corrected chi connectivity index (χ3v) is 8.90. The molecule has 1 aliphatic rings. The summed E-state index contributed by atoms with van der Waals surface area (Å²) in [4.78, 5) is 9.67. The fourth-order valence-corrected chi connectivity index (χ4v) is 6.22. The van der Waals surface area contributed by atoms with Gasteiger partial charge in [-0.1, -0.05) is 72.8 Å². The molecule has 46 heavy (non-hydrogen) atoms. The molecule has 0 amide bonds. The molecule has 1 saturated heterocycles. The highest BCUT2D eigenvalue weighted by Crippen LogP contribution is 2.23. The number of aromatic hydroxyl groups is 4. The molecule has 244 valence electrons. The summed E-state index contributed by atoms with van der Waals surface area (Å²) < 4.78 is 0. The zero-order valence-corrected chi connectivity index (χ0v) is 26.7. The molecule has 0 bridgehead atoms. The Morgan fingerprint density at radius 2 is 0.543 bits per heavy atom. The van der Waals surface area contributed by atoms with Gasteiger partial charge < -0.3 is 20.4 Å². The Kier molecular flexibility index (Phi) is 12.3. The highest BCUT2D eigenvalue weighted by atomic mass is 16.3. The van der Waals surface area contributed by atoms with Crippen molar-refractivity contribution in [1.82, 2.24) is 19.6 Å². The van der Waals surface area contributed by atoms with Crippen molar-refractivity contribution < 1.29 is 20.4 Å². The van der Waals surface area contributed by atoms with Crippen LogP contribution in [0.1, 0.15) is 35.1 Å². The predicted molar refractivity (Wildman–Crippen MR) is 183 cm³/mol. The van der Waals surface area contributed by atoms with Crippen LogP contribution in [0.15, 0.2) is 97.1 Å². The van der Waals surface area contributed by atoms with Crippen LogP contribution in [0.4, 0.5) is 0 Å². The summed E-state index contributed by atoms with van der Waals surface area (Å²) >= 11 is 0. The van der Waals surface area contributed by atoms with Crippen LogP contribution in [0.5, 0.6) is 23.0 Å². The maximum atomic E-state index is 10.6. The monoisotopic (exact) mass is 624 g/mol. The second-order valence-corrected chi connectivity index (χ2v) is 12.3. The van der Waals surface area contributed by atoms with Crippen LogP contribution in [0.25, 0.3) is 0 Å². The van der Waals surface area contributed by atoms with Gasteiger partial charge in [-0.2, -0.15) is 0 Å². The SMILES string of the molecule is Oc1ccccc1CN1CCCN(Cc2ccccc2O)CCN(Cc2ccccc2O)CCCN(Cc2ccccc2O)CC1. The predicted octanol–water partition coefficient (Wildman–Crippen LogP) is 5.61. The number of rotatable bonds is 8. The lowest BCUT2D eigenvalue weighted by Crippen LogP contribution is -2.40. The molecule has 0 spiro atoms. The Hall–Kier alpha value is -4.08. The van der Waals surface area contributed by atoms with Crippen LogP contribution >= 0.6 is 0 Å². The van der Waals surface area contributed by atoms with Gasteiger partial charge in [0.2, 0.25) is 0 Å². The molecule has 0 atom stereocenters. The van der Waals surface area contributed by atoms with Gasteiger partial charge in [0.05, 0.1) is 0 Å². The van der Waals surface area contributed by atoms with E-state index in [1.807, 2.05) is 72.8 Å². The van der Waals surface area contributed by atoms with Crippen LogP contribution in [0, 0.1) is 0 Å². The van der Waals surface area contributed by atoms with Crippen LogP contribution in [-0.2, 0) is 26.2 Å². The molecule has 8 nitrogen and oxygen atoms in total. The largest absolute Gasteiger partial charge is 0.508 e. The molecule has 1 aliphatic heterocycles. The molecule has 1 heterocycles. The summed E-state index contributed by atoms with van der Waals surface area (Å²) in [5.74, 6) is 1.27. The minimum atomic E-state index is 0.318. The third-order valence-electron chi connectivity index (χ3n) is 8.90. The van der Waals surface area contributed by atoms with Crippen molar-refractivity contribution in [2.45, 2.75) is 39.0 Å². The minimum absolute atomic E-state index is 0.318. The van der Waals surface area contributed by atoms with E-state index in [0.717, 1.165) is 87.5 Å². The standard InChI is InChI=1S/C38H48N4O4/c43-35-15-5-1-11-31(35)27-39-19-9-20-41(29-33-13-3-7-17-37(33)45)25-26-42(30-34-14-4-8-18-38(34)46)22-10-21-40(24-23-39)28-32-12-2-6-16-36(32)44/h1-8,11-18,43-46H,9-10,19-30H2. The van der Waals surface area contributed by atoms with Crippen molar-refractivity contribution in [3.63, 3.8) is 0 Å². The summed E-state index contributed by atoms with van der Waals surface area (Å²) in [5.41, 5.74) is 3.67. The average molecular weight is 625 g/mol. The lowest BCUT2D eigenvalue weighted by atomic mass is 10.1. The van der Waals surface area contributed by atoms with E-state index in [1.165, 1.54) is 0 Å². The Morgan fingerprint density at radius 1 is 0.326 bits per heavy atom. The Balaban J connectivity index is 1.36. The number of phenols is 4. The van der Waals surface area contributed by atoms with E-state index in [-0.39, 0.29) is 0 Å². The van der Waals surface area contributed by atoms with E-state index >= 15 is 0 Å². The van der Waals surface area contributed by atoms with Crippen LogP contribution in [-0.4, -0.2) is 92.4 Å². The fourth-order valence-electron chi connectivity index (χ4n) is 6.22. The van der Waals surface area contributed by atoms with Crippen molar-refractivity contribution in [3.05, 3.63) is 119 Å². The molecule has 0 unspecified atom stereocenters. The number of hydrogen-bond acceptors (Lipinski definition) is 8. The van der Waals surface area contributed by atoms with Gasteiger partial charge >= 0.3 is 0 Å². The molecule has 0 aromatic heterocycles. The molecule has 4 N–H and O–H groups in total. The lowest BCUT2D eigenvalue weighted by Gasteiger charge is -2.32. The van der Waals surface area contributed by atoms with E-state index in [1.54, 1.807) is 24.3 Å². The smallest absolute Gasteiger partial charge is 0.120 e. The van der Waals surface area contributed by atoms with E-state index < -0.39 is 0 Å². The van der Waals surface area contributed by atoms with E-state index in [0.29, 0.717) is 49.2 Å². The molecule has 1 fully saturated rings. The highest BCUT2D eigenvalue weighted by molar-refractivity contribution is 5.34. The van der Waals surface area contributed by atoms with Gasteiger partial charge in [-0.3, -0.25) is 19.6 Å². The fraction of sp³-hybridized carbons (Fsp3) is 0.368. The number of nitrogens with zero attached hydrogens (tertiary/aromatic N) is 4. The van der Waals surface area contributed by atoms with Crippen molar-refractivity contribution in [2.75, 3.05) is 52.4 Å². The normalized spacial score (nSPS) is 17.0. The summed E-state index contributed by atoms with van der Waals surface area (Å²) in [5, 5.41) is 42.2. The second kappa shape index (κ2) is 17.0. The minimum Gasteiger partial charge on any atom is -0.508 e. The first-order valence-electron chi connectivity index (χ1n) is 16.4. The Labute approximate surface area is 273 Å². The molecule has 4 aromatic carbocycles. The number of hydrogen-bond donors (Lipinski definition) is 4. The maximum Gasteiger partial charge on any atom is 0.120 e. The van der Waals surface area contributed by atoms with E-state index in [2.05, 4.69) is 19.6 Å². The first-order chi connectivity index (χ1) is 22.4. The Bertz CT molecular complexity index is 1290. The van der Waals surface area contributed by atoms with Crippen molar-refractivity contribution in [3.8, 4) is 23.0 Å². The first-order valence-corrected chi connectivity index (χ1v) is 16.4. The summed E-state index contributed by atoms with van der Waals surface area (Å²) in [7, 11) is 0. The number of benzene rings is 4. The lowest BCUT2D eigenvalue weighted by molar-refractivity contribution is 0.146. The van der Waals surface area contributed by atoms with Gasteiger partial charge in [0.15, 0.2) is 0 Å². The zero-order valence-electron chi connectivity index (χ0n) is 26.7. The molecule has 0 radical (unpaired) electrons. The zero-order chi connectivity index (χ0) is 32.1. The van der Waals surface area contributed by atoms with Crippen LogP contribution in [0.3, 0.4) is 0 Å². The molecule has 4 aromatic rings. The maximum absolute atomic E-state index is 10.6. The average Bonchev–Trinajstić information content (AvgIpc) is 3.05. The van der Waals surface area contributed by atoms with Gasteiger partial charge in [-0.05, 0) is 63.3 Å². The molecular weight excluding hydrogens is 576 g/mol. The summed E-state index contributed by atoms with van der Waals surface area (Å²) in [6, 6.07) is 30.3. The summed E-state index contributed by atoms with van der Waals surface area (Å²) in [6.45, 7) is 9.36. The van der Waals surface area contributed by atoms with Crippen molar-refractivity contribution in [2.24, 2.45) is 0 Å². The number of phenolic OH excluding ortho intramolecular Hbond substituents is 4. The van der Waals surface area contributed by atoms with E-state index in [4.69, 9.17) is 0 Å². The van der Waals surface area contributed by atoms with Gasteiger partial charge in [-0.25, -0.2) is 0 Å². The summed E-state index contributed by atoms with van der Waals surface area (Å²) in [6.07, 6.45) is 1.86. The van der Waals surface area contributed by atoms with Gasteiger partial charge in [0, 0.05) is 74.6 Å². The van der Waals surface area contributed by atoms with Crippen LogP contribution in [0.2, 0.25) is 0 Å². The molecule has 0 saturated carbocycles. The molecule has 5 rings (SSSR count). The Morgan fingerprint density at radius 3 is 0.761 bits per heavy atom.